The van der Waals surface area contributed by atoms with Crippen molar-refractivity contribution in [2.75, 3.05) is 7.11 Å². The minimum Gasteiger partial charge on any atom is -0.491 e. The molecule has 5 nitrogen and oxygen atoms in total. The zero-order valence-corrected chi connectivity index (χ0v) is 14.5. The molecule has 130 valence electrons. The van der Waals surface area contributed by atoms with E-state index in [-0.39, 0.29) is 17.4 Å². The smallest absolute Gasteiger partial charge is 0.294 e. The third-order valence-corrected chi connectivity index (χ3v) is 3.70. The molecule has 0 unspecified atom stereocenters. The number of aromatic nitrogens is 1. The van der Waals surface area contributed by atoms with Crippen LogP contribution < -0.4 is 19.8 Å². The summed E-state index contributed by atoms with van der Waals surface area (Å²) in [5.41, 5.74) is 1.32. The summed E-state index contributed by atoms with van der Waals surface area (Å²) < 4.78 is 16.9. The summed E-state index contributed by atoms with van der Waals surface area (Å²) in [6, 6.07) is 15.3. The molecular weight excluding hydrogens is 318 g/mol. The van der Waals surface area contributed by atoms with Crippen LogP contribution in [0.4, 0.5) is 0 Å². The van der Waals surface area contributed by atoms with Crippen molar-refractivity contribution < 1.29 is 14.2 Å². The minimum atomic E-state index is -0.334. The van der Waals surface area contributed by atoms with Crippen molar-refractivity contribution in [1.82, 2.24) is 4.98 Å². The first kappa shape index (κ1) is 16.9. The molecule has 0 fully saturated rings. The van der Waals surface area contributed by atoms with Gasteiger partial charge in [-0.2, -0.15) is 0 Å². The molecule has 0 aliphatic rings. The summed E-state index contributed by atoms with van der Waals surface area (Å²) in [4.78, 5) is 15.1. The maximum atomic E-state index is 12.3. The summed E-state index contributed by atoms with van der Waals surface area (Å²) >= 11 is 0. The Morgan fingerprint density at radius 2 is 1.80 bits per heavy atom. The zero-order valence-electron chi connectivity index (χ0n) is 14.5. The molecule has 3 rings (SSSR count). The van der Waals surface area contributed by atoms with Crippen LogP contribution in [-0.4, -0.2) is 18.2 Å². The molecule has 0 amide bonds. The van der Waals surface area contributed by atoms with Crippen LogP contribution in [0.2, 0.25) is 0 Å². The van der Waals surface area contributed by atoms with Crippen molar-refractivity contribution in [3.05, 3.63) is 64.4 Å². The third kappa shape index (κ3) is 3.76. The second-order valence-corrected chi connectivity index (χ2v) is 5.96. The number of fused-ring (bicyclic) bond motifs is 1. The van der Waals surface area contributed by atoms with Crippen molar-refractivity contribution in [3.63, 3.8) is 0 Å². The van der Waals surface area contributed by atoms with E-state index in [0.717, 1.165) is 10.9 Å². The van der Waals surface area contributed by atoms with Crippen LogP contribution in [0.5, 0.6) is 17.2 Å². The van der Waals surface area contributed by atoms with Gasteiger partial charge < -0.3 is 19.2 Å². The maximum Gasteiger partial charge on any atom is 0.294 e. The molecule has 1 N–H and O–H groups in total. The Labute approximate surface area is 146 Å². The van der Waals surface area contributed by atoms with Gasteiger partial charge in [-0.15, -0.1) is 0 Å². The van der Waals surface area contributed by atoms with Gasteiger partial charge in [-0.25, -0.2) is 0 Å². The average Bonchev–Trinajstić information content (AvgIpc) is 2.59. The van der Waals surface area contributed by atoms with Crippen molar-refractivity contribution >= 4 is 10.9 Å². The first-order valence-corrected chi connectivity index (χ1v) is 8.16. The Hall–Kier alpha value is -2.95. The SMILES string of the molecule is COc1c(OCc2ccccc2)c2ccc(OC(C)C)cc2[nH]c1=O. The lowest BCUT2D eigenvalue weighted by Crippen LogP contribution is -2.12. The van der Waals surface area contributed by atoms with Crippen LogP contribution in [-0.2, 0) is 6.61 Å². The predicted molar refractivity (Wildman–Crippen MR) is 97.7 cm³/mol. The molecule has 5 heteroatoms. The van der Waals surface area contributed by atoms with Crippen LogP contribution in [0.15, 0.2) is 53.3 Å². The molecule has 2 aromatic carbocycles. The highest BCUT2D eigenvalue weighted by Gasteiger charge is 2.16. The number of nitrogens with one attached hydrogen (secondary N) is 1. The number of pyridine rings is 1. The Morgan fingerprint density at radius 1 is 1.04 bits per heavy atom. The summed E-state index contributed by atoms with van der Waals surface area (Å²) in [5, 5.41) is 0.767. The van der Waals surface area contributed by atoms with Crippen LogP contribution in [0.1, 0.15) is 19.4 Å². The summed E-state index contributed by atoms with van der Waals surface area (Å²) in [6.07, 6.45) is 0.0521. The first-order valence-electron chi connectivity index (χ1n) is 8.16. The van der Waals surface area contributed by atoms with E-state index in [1.807, 2.05) is 56.3 Å². The Morgan fingerprint density at radius 3 is 2.48 bits per heavy atom. The number of ether oxygens (including phenoxy) is 3. The molecule has 0 aliphatic carbocycles. The number of rotatable bonds is 6. The number of methoxy groups -OCH3 is 1. The van der Waals surface area contributed by atoms with E-state index in [2.05, 4.69) is 4.98 Å². The van der Waals surface area contributed by atoms with E-state index >= 15 is 0 Å². The number of H-pyrrole nitrogens is 1. The fraction of sp³-hybridized carbons (Fsp3) is 0.250. The highest BCUT2D eigenvalue weighted by molar-refractivity contribution is 5.88. The lowest BCUT2D eigenvalue weighted by molar-refractivity contribution is 0.242. The molecule has 0 radical (unpaired) electrons. The molecule has 0 bridgehead atoms. The summed E-state index contributed by atoms with van der Waals surface area (Å²) in [6.45, 7) is 4.25. The topological polar surface area (TPSA) is 60.6 Å². The van der Waals surface area contributed by atoms with Gasteiger partial charge in [0.15, 0.2) is 5.75 Å². The quantitative estimate of drug-likeness (QED) is 0.740. The molecule has 1 heterocycles. The van der Waals surface area contributed by atoms with Crippen molar-refractivity contribution in [2.45, 2.75) is 26.6 Å². The standard InChI is InChI=1S/C20H21NO4/c1-13(2)25-15-9-10-16-17(11-15)21-20(22)19(23-3)18(16)24-12-14-7-5-4-6-8-14/h4-11,13H,12H2,1-3H3,(H,21,22). The number of hydrogen-bond donors (Lipinski definition) is 1. The van der Waals surface area contributed by atoms with Gasteiger partial charge in [-0.1, -0.05) is 30.3 Å². The molecule has 0 aliphatic heterocycles. The fourth-order valence-electron chi connectivity index (χ4n) is 2.63. The Bertz CT molecular complexity index is 916. The summed E-state index contributed by atoms with van der Waals surface area (Å²) in [7, 11) is 1.46. The lowest BCUT2D eigenvalue weighted by Gasteiger charge is -2.15. The molecule has 0 saturated carbocycles. The Kier molecular flexibility index (Phi) is 4.93. The molecule has 25 heavy (non-hydrogen) atoms. The van der Waals surface area contributed by atoms with E-state index in [1.165, 1.54) is 7.11 Å². The number of aromatic amines is 1. The largest absolute Gasteiger partial charge is 0.491 e. The molecule has 0 spiro atoms. The van der Waals surface area contributed by atoms with Crippen molar-refractivity contribution in [2.24, 2.45) is 0 Å². The molecule has 3 aromatic rings. The first-order chi connectivity index (χ1) is 12.1. The van der Waals surface area contributed by atoms with Gasteiger partial charge in [-0.05, 0) is 31.5 Å². The van der Waals surface area contributed by atoms with Gasteiger partial charge in [0.1, 0.15) is 12.4 Å². The van der Waals surface area contributed by atoms with E-state index in [4.69, 9.17) is 14.2 Å². The van der Waals surface area contributed by atoms with Gasteiger partial charge in [0, 0.05) is 11.5 Å². The molecular formula is C20H21NO4. The van der Waals surface area contributed by atoms with E-state index in [1.54, 1.807) is 6.07 Å². The van der Waals surface area contributed by atoms with Crippen LogP contribution >= 0.6 is 0 Å². The van der Waals surface area contributed by atoms with Crippen LogP contribution in [0.25, 0.3) is 10.9 Å². The van der Waals surface area contributed by atoms with Gasteiger partial charge in [-0.3, -0.25) is 4.79 Å². The van der Waals surface area contributed by atoms with Gasteiger partial charge in [0.05, 0.1) is 18.7 Å². The molecule has 0 saturated heterocycles. The predicted octanol–water partition coefficient (Wildman–Crippen LogP) is 3.90. The highest BCUT2D eigenvalue weighted by Crippen LogP contribution is 2.33. The normalized spacial score (nSPS) is 10.9. The van der Waals surface area contributed by atoms with Crippen molar-refractivity contribution in [3.8, 4) is 17.2 Å². The maximum absolute atomic E-state index is 12.3. The molecule has 0 atom stereocenters. The number of hydrogen-bond acceptors (Lipinski definition) is 4. The Balaban J connectivity index is 2.03. The number of benzene rings is 2. The summed E-state index contributed by atoms with van der Waals surface area (Å²) in [5.74, 6) is 1.29. The average molecular weight is 339 g/mol. The second-order valence-electron chi connectivity index (χ2n) is 5.96. The molecule has 1 aromatic heterocycles. The van der Waals surface area contributed by atoms with Gasteiger partial charge in [0.25, 0.3) is 5.56 Å². The van der Waals surface area contributed by atoms with Gasteiger partial charge in [0.2, 0.25) is 5.75 Å². The van der Waals surface area contributed by atoms with Crippen LogP contribution in [0.3, 0.4) is 0 Å². The van der Waals surface area contributed by atoms with E-state index < -0.39 is 0 Å². The minimum absolute atomic E-state index is 0.0521. The van der Waals surface area contributed by atoms with E-state index in [0.29, 0.717) is 23.6 Å². The second kappa shape index (κ2) is 7.30. The van der Waals surface area contributed by atoms with Crippen molar-refractivity contribution in [1.29, 1.82) is 0 Å². The third-order valence-electron chi connectivity index (χ3n) is 3.70. The monoisotopic (exact) mass is 339 g/mol. The zero-order chi connectivity index (χ0) is 17.8. The fourth-order valence-corrected chi connectivity index (χ4v) is 2.63. The van der Waals surface area contributed by atoms with E-state index in [9.17, 15) is 4.79 Å². The van der Waals surface area contributed by atoms with Gasteiger partial charge >= 0.3 is 0 Å². The van der Waals surface area contributed by atoms with Crippen LogP contribution in [0, 0.1) is 0 Å². The highest BCUT2D eigenvalue weighted by atomic mass is 16.5. The lowest BCUT2D eigenvalue weighted by atomic mass is 10.1.